The molecule has 0 spiro atoms. The van der Waals surface area contributed by atoms with Crippen LogP contribution in [0.25, 0.3) is 0 Å². The van der Waals surface area contributed by atoms with Gasteiger partial charge in [0.2, 0.25) is 0 Å². The summed E-state index contributed by atoms with van der Waals surface area (Å²) in [5.41, 5.74) is 1.75. The molecule has 1 aromatic heterocycles. The SMILES string of the molecule is CCc1c(I)cnn1S(=O)(=O)c1ccc(C)cc1. The van der Waals surface area contributed by atoms with E-state index in [-0.39, 0.29) is 4.90 Å². The van der Waals surface area contributed by atoms with E-state index in [1.165, 1.54) is 0 Å². The maximum absolute atomic E-state index is 12.4. The number of nitrogens with zero attached hydrogens (tertiary/aromatic N) is 2. The molecule has 0 fully saturated rings. The Labute approximate surface area is 120 Å². The molecule has 6 heteroatoms. The Morgan fingerprint density at radius 2 is 1.89 bits per heavy atom. The highest BCUT2D eigenvalue weighted by molar-refractivity contribution is 14.1. The second-order valence-electron chi connectivity index (χ2n) is 3.95. The smallest absolute Gasteiger partial charge is 0.199 e. The number of aromatic nitrogens is 2. The maximum atomic E-state index is 12.4. The molecule has 2 aromatic rings. The van der Waals surface area contributed by atoms with Gasteiger partial charge >= 0.3 is 0 Å². The summed E-state index contributed by atoms with van der Waals surface area (Å²) in [5.74, 6) is 0. The van der Waals surface area contributed by atoms with Crippen LogP contribution < -0.4 is 0 Å². The van der Waals surface area contributed by atoms with Crippen molar-refractivity contribution in [2.75, 3.05) is 0 Å². The van der Waals surface area contributed by atoms with Gasteiger partial charge in [-0.2, -0.15) is 17.6 Å². The highest BCUT2D eigenvalue weighted by Crippen LogP contribution is 2.19. The fraction of sp³-hybridized carbons (Fsp3) is 0.250. The van der Waals surface area contributed by atoms with Gasteiger partial charge in [-0.05, 0) is 48.1 Å². The van der Waals surface area contributed by atoms with Gasteiger partial charge < -0.3 is 0 Å². The second kappa shape index (κ2) is 5.00. The number of aryl methyl sites for hydroxylation is 1. The first-order valence-corrected chi connectivity index (χ1v) is 8.03. The van der Waals surface area contributed by atoms with Gasteiger partial charge in [-0.25, -0.2) is 0 Å². The minimum absolute atomic E-state index is 0.266. The number of halogens is 1. The summed E-state index contributed by atoms with van der Waals surface area (Å²) in [5, 5.41) is 3.98. The molecule has 0 unspecified atom stereocenters. The van der Waals surface area contributed by atoms with Crippen LogP contribution in [0.3, 0.4) is 0 Å². The van der Waals surface area contributed by atoms with E-state index in [0.29, 0.717) is 6.42 Å². The van der Waals surface area contributed by atoms with Gasteiger partial charge in [0.25, 0.3) is 10.0 Å². The Hall–Kier alpha value is -0.890. The van der Waals surface area contributed by atoms with E-state index in [2.05, 4.69) is 27.7 Å². The lowest BCUT2D eigenvalue weighted by Crippen LogP contribution is -2.17. The number of benzene rings is 1. The number of rotatable bonds is 3. The quantitative estimate of drug-likeness (QED) is 0.774. The standard InChI is InChI=1S/C12H13IN2O2S/c1-3-12-11(13)8-14-15(12)18(16,17)10-6-4-9(2)5-7-10/h4-8H,3H2,1-2H3. The Balaban J connectivity index is 2.58. The van der Waals surface area contributed by atoms with Crippen LogP contribution in [0.15, 0.2) is 35.4 Å². The lowest BCUT2D eigenvalue weighted by Gasteiger charge is -2.08. The van der Waals surface area contributed by atoms with Gasteiger partial charge in [-0.1, -0.05) is 24.6 Å². The van der Waals surface area contributed by atoms with Gasteiger partial charge in [0.05, 0.1) is 20.4 Å². The summed E-state index contributed by atoms with van der Waals surface area (Å²) in [6, 6.07) is 6.79. The minimum atomic E-state index is -3.58. The molecule has 96 valence electrons. The van der Waals surface area contributed by atoms with Crippen molar-refractivity contribution in [2.45, 2.75) is 25.2 Å². The second-order valence-corrected chi connectivity index (χ2v) is 6.88. The molecule has 0 N–H and O–H groups in total. The van der Waals surface area contributed by atoms with Crippen LogP contribution >= 0.6 is 22.6 Å². The number of hydrogen-bond donors (Lipinski definition) is 0. The van der Waals surface area contributed by atoms with Crippen molar-refractivity contribution in [1.29, 1.82) is 0 Å². The fourth-order valence-corrected chi connectivity index (χ4v) is 3.93. The third-order valence-electron chi connectivity index (χ3n) is 2.66. The summed E-state index contributed by atoms with van der Waals surface area (Å²) >= 11 is 2.10. The third-order valence-corrected chi connectivity index (χ3v) is 5.20. The lowest BCUT2D eigenvalue weighted by atomic mass is 10.2. The van der Waals surface area contributed by atoms with Crippen molar-refractivity contribution in [3.05, 3.63) is 45.3 Å². The zero-order valence-electron chi connectivity index (χ0n) is 10.1. The van der Waals surface area contributed by atoms with Crippen molar-refractivity contribution in [3.8, 4) is 0 Å². The third kappa shape index (κ3) is 2.31. The highest BCUT2D eigenvalue weighted by Gasteiger charge is 2.21. The van der Waals surface area contributed by atoms with E-state index in [1.54, 1.807) is 30.5 Å². The average Bonchev–Trinajstić information content (AvgIpc) is 2.71. The number of hydrogen-bond acceptors (Lipinski definition) is 3. The van der Waals surface area contributed by atoms with E-state index in [0.717, 1.165) is 18.9 Å². The zero-order valence-corrected chi connectivity index (χ0v) is 13.1. The van der Waals surface area contributed by atoms with E-state index in [9.17, 15) is 8.42 Å². The fourth-order valence-electron chi connectivity index (χ4n) is 1.66. The molecule has 0 saturated carbocycles. The Morgan fingerprint density at radius 3 is 2.44 bits per heavy atom. The summed E-state index contributed by atoms with van der Waals surface area (Å²) in [7, 11) is -3.58. The molecule has 1 aromatic carbocycles. The first-order chi connectivity index (χ1) is 8.46. The Morgan fingerprint density at radius 1 is 1.28 bits per heavy atom. The molecule has 0 bridgehead atoms. The molecule has 0 radical (unpaired) electrons. The molecular weight excluding hydrogens is 363 g/mol. The van der Waals surface area contributed by atoms with Gasteiger partial charge in [0.1, 0.15) is 0 Å². The van der Waals surface area contributed by atoms with Crippen molar-refractivity contribution in [1.82, 2.24) is 9.19 Å². The molecule has 0 amide bonds. The molecule has 0 aliphatic heterocycles. The minimum Gasteiger partial charge on any atom is -0.199 e. The molecule has 0 aliphatic rings. The monoisotopic (exact) mass is 376 g/mol. The topological polar surface area (TPSA) is 52.0 Å². The van der Waals surface area contributed by atoms with Crippen LogP contribution in [0, 0.1) is 10.5 Å². The normalized spacial score (nSPS) is 11.7. The lowest BCUT2D eigenvalue weighted by molar-refractivity contribution is 0.577. The van der Waals surface area contributed by atoms with Crippen molar-refractivity contribution in [2.24, 2.45) is 0 Å². The molecule has 0 aliphatic carbocycles. The first-order valence-electron chi connectivity index (χ1n) is 5.51. The largest absolute Gasteiger partial charge is 0.283 e. The predicted molar refractivity (Wildman–Crippen MR) is 78.1 cm³/mol. The van der Waals surface area contributed by atoms with Crippen LogP contribution in [-0.4, -0.2) is 17.6 Å². The van der Waals surface area contributed by atoms with E-state index >= 15 is 0 Å². The van der Waals surface area contributed by atoms with Crippen LogP contribution in [0.4, 0.5) is 0 Å². The van der Waals surface area contributed by atoms with E-state index in [1.807, 2.05) is 13.8 Å². The van der Waals surface area contributed by atoms with Crippen LogP contribution in [-0.2, 0) is 16.4 Å². The summed E-state index contributed by atoms with van der Waals surface area (Å²) in [6.07, 6.45) is 2.20. The molecule has 0 saturated heterocycles. The van der Waals surface area contributed by atoms with Crippen LogP contribution in [0.5, 0.6) is 0 Å². The zero-order chi connectivity index (χ0) is 13.3. The molecule has 1 heterocycles. The van der Waals surface area contributed by atoms with E-state index < -0.39 is 10.0 Å². The van der Waals surface area contributed by atoms with Crippen LogP contribution in [0.1, 0.15) is 18.2 Å². The van der Waals surface area contributed by atoms with Crippen molar-refractivity contribution < 1.29 is 8.42 Å². The van der Waals surface area contributed by atoms with Crippen LogP contribution in [0.2, 0.25) is 0 Å². The van der Waals surface area contributed by atoms with Gasteiger partial charge in [0.15, 0.2) is 0 Å². The summed E-state index contributed by atoms with van der Waals surface area (Å²) < 4.78 is 26.9. The van der Waals surface area contributed by atoms with Gasteiger partial charge in [0, 0.05) is 0 Å². The first kappa shape index (κ1) is 13.5. The molecule has 4 nitrogen and oxygen atoms in total. The highest BCUT2D eigenvalue weighted by atomic mass is 127. The van der Waals surface area contributed by atoms with Crippen molar-refractivity contribution >= 4 is 32.6 Å². The van der Waals surface area contributed by atoms with Gasteiger partial charge in [-0.3, -0.25) is 0 Å². The molecular formula is C12H13IN2O2S. The summed E-state index contributed by atoms with van der Waals surface area (Å²) in [6.45, 7) is 3.84. The Kier molecular flexibility index (Phi) is 3.76. The average molecular weight is 376 g/mol. The molecule has 0 atom stereocenters. The molecule has 18 heavy (non-hydrogen) atoms. The predicted octanol–water partition coefficient (Wildman–Crippen LogP) is 2.60. The summed E-state index contributed by atoms with van der Waals surface area (Å²) in [4.78, 5) is 0.266. The van der Waals surface area contributed by atoms with Crippen molar-refractivity contribution in [3.63, 3.8) is 0 Å². The van der Waals surface area contributed by atoms with Gasteiger partial charge in [-0.15, -0.1) is 0 Å². The van der Waals surface area contributed by atoms with E-state index in [4.69, 9.17) is 0 Å². The molecule has 2 rings (SSSR count). The maximum Gasteiger partial charge on any atom is 0.283 e. The Bertz CT molecular complexity index is 660.